The van der Waals surface area contributed by atoms with Crippen LogP contribution in [0.5, 0.6) is 0 Å². The standard InChI is InChI=1S/C22H40O4/c1-7-11-21(24,12-8-2)16-18(5)15-20(26-19(6)23)17-22(25,13-9-3)14-10-4/h17,24-25H,5,7-16H2,1-4,6H3/b20-17+. The molecule has 0 aliphatic heterocycles. The van der Waals surface area contributed by atoms with Crippen LogP contribution in [-0.2, 0) is 9.53 Å². The Hall–Kier alpha value is -1.13. The van der Waals surface area contributed by atoms with Crippen LogP contribution >= 0.6 is 0 Å². The highest BCUT2D eigenvalue weighted by molar-refractivity contribution is 5.67. The van der Waals surface area contributed by atoms with Crippen molar-refractivity contribution in [3.8, 4) is 0 Å². The summed E-state index contributed by atoms with van der Waals surface area (Å²) in [4.78, 5) is 11.5. The summed E-state index contributed by atoms with van der Waals surface area (Å²) in [5.41, 5.74) is -0.916. The van der Waals surface area contributed by atoms with Gasteiger partial charge in [-0.3, -0.25) is 4.79 Å². The summed E-state index contributed by atoms with van der Waals surface area (Å²) in [6, 6.07) is 0. The van der Waals surface area contributed by atoms with Crippen molar-refractivity contribution in [2.45, 2.75) is 110 Å². The number of hydrogen-bond acceptors (Lipinski definition) is 4. The van der Waals surface area contributed by atoms with Crippen molar-refractivity contribution in [2.24, 2.45) is 0 Å². The van der Waals surface area contributed by atoms with E-state index in [0.717, 1.165) is 44.1 Å². The van der Waals surface area contributed by atoms with Gasteiger partial charge in [0.15, 0.2) is 0 Å². The third kappa shape index (κ3) is 10.1. The maximum Gasteiger partial charge on any atom is 0.307 e. The molecule has 4 heteroatoms. The van der Waals surface area contributed by atoms with E-state index in [4.69, 9.17) is 4.74 Å². The molecule has 0 atom stereocenters. The minimum absolute atomic E-state index is 0.352. The second kappa shape index (κ2) is 12.3. The zero-order valence-corrected chi connectivity index (χ0v) is 17.6. The molecule has 0 bridgehead atoms. The number of hydrogen-bond donors (Lipinski definition) is 2. The Morgan fingerprint density at radius 1 is 0.962 bits per heavy atom. The lowest BCUT2D eigenvalue weighted by atomic mass is 9.85. The first-order valence-corrected chi connectivity index (χ1v) is 10.1. The first kappa shape index (κ1) is 24.9. The molecule has 0 aromatic heterocycles. The zero-order chi connectivity index (χ0) is 20.2. The Morgan fingerprint density at radius 3 is 1.81 bits per heavy atom. The Bertz CT molecular complexity index is 453. The van der Waals surface area contributed by atoms with Gasteiger partial charge in [-0.1, -0.05) is 65.5 Å². The van der Waals surface area contributed by atoms with Gasteiger partial charge in [-0.25, -0.2) is 0 Å². The number of aliphatic hydroxyl groups is 2. The fourth-order valence-corrected chi connectivity index (χ4v) is 3.74. The first-order valence-electron chi connectivity index (χ1n) is 10.1. The molecule has 0 rings (SSSR count). The van der Waals surface area contributed by atoms with E-state index in [1.807, 2.05) is 13.8 Å². The lowest BCUT2D eigenvalue weighted by Crippen LogP contribution is -2.29. The summed E-state index contributed by atoms with van der Waals surface area (Å²) in [6.45, 7) is 13.6. The van der Waals surface area contributed by atoms with E-state index in [9.17, 15) is 15.0 Å². The predicted octanol–water partition coefficient (Wildman–Crippen LogP) is 5.43. The van der Waals surface area contributed by atoms with Crippen LogP contribution in [0.4, 0.5) is 0 Å². The lowest BCUT2D eigenvalue weighted by Gasteiger charge is -2.29. The molecule has 0 fully saturated rings. The fraction of sp³-hybridized carbons (Fsp3) is 0.773. The van der Waals surface area contributed by atoms with Crippen LogP contribution in [-0.4, -0.2) is 27.4 Å². The van der Waals surface area contributed by atoms with Crippen molar-refractivity contribution >= 4 is 5.97 Å². The van der Waals surface area contributed by atoms with Gasteiger partial charge in [0.2, 0.25) is 0 Å². The number of esters is 1. The molecule has 152 valence electrons. The molecular weight excluding hydrogens is 328 g/mol. The maximum absolute atomic E-state index is 11.5. The van der Waals surface area contributed by atoms with E-state index in [0.29, 0.717) is 31.4 Å². The Morgan fingerprint density at radius 2 is 1.42 bits per heavy atom. The molecular formula is C22H40O4. The molecule has 0 amide bonds. The molecule has 4 nitrogen and oxygen atoms in total. The minimum atomic E-state index is -0.975. The molecule has 0 spiro atoms. The van der Waals surface area contributed by atoms with Gasteiger partial charge in [-0.2, -0.15) is 0 Å². The van der Waals surface area contributed by atoms with Crippen molar-refractivity contribution in [3.63, 3.8) is 0 Å². The van der Waals surface area contributed by atoms with Gasteiger partial charge in [0.25, 0.3) is 0 Å². The summed E-state index contributed by atoms with van der Waals surface area (Å²) in [5.74, 6) is 0.0269. The largest absolute Gasteiger partial charge is 0.431 e. The summed E-state index contributed by atoms with van der Waals surface area (Å²) < 4.78 is 5.36. The van der Waals surface area contributed by atoms with Gasteiger partial charge in [-0.15, -0.1) is 0 Å². The highest BCUT2D eigenvalue weighted by atomic mass is 16.5. The van der Waals surface area contributed by atoms with Crippen molar-refractivity contribution in [3.05, 3.63) is 24.0 Å². The Kier molecular flexibility index (Phi) is 11.8. The molecule has 0 aliphatic rings. The molecule has 0 unspecified atom stereocenters. The molecule has 0 aromatic rings. The predicted molar refractivity (Wildman–Crippen MR) is 108 cm³/mol. The molecule has 0 saturated heterocycles. The van der Waals surface area contributed by atoms with Gasteiger partial charge in [-0.05, 0) is 38.2 Å². The van der Waals surface area contributed by atoms with E-state index in [2.05, 4.69) is 20.4 Å². The van der Waals surface area contributed by atoms with Crippen molar-refractivity contribution < 1.29 is 19.7 Å². The highest BCUT2D eigenvalue weighted by Gasteiger charge is 2.28. The normalized spacial score (nSPS) is 13.0. The third-order valence-corrected chi connectivity index (χ3v) is 4.50. The summed E-state index contributed by atoms with van der Waals surface area (Å²) in [7, 11) is 0. The molecule has 0 radical (unpaired) electrons. The van der Waals surface area contributed by atoms with Gasteiger partial charge in [0, 0.05) is 13.3 Å². The zero-order valence-electron chi connectivity index (χ0n) is 17.6. The van der Waals surface area contributed by atoms with Crippen LogP contribution in [0, 0.1) is 0 Å². The Labute approximate surface area is 160 Å². The lowest BCUT2D eigenvalue weighted by molar-refractivity contribution is -0.137. The van der Waals surface area contributed by atoms with E-state index in [-0.39, 0.29) is 0 Å². The summed E-state index contributed by atoms with van der Waals surface area (Å²) in [5, 5.41) is 21.7. The number of carbonyl (C=O) groups is 1. The first-order chi connectivity index (χ1) is 12.1. The quantitative estimate of drug-likeness (QED) is 0.244. The second-order valence-electron chi connectivity index (χ2n) is 7.64. The average Bonchev–Trinajstić information content (AvgIpc) is 2.46. The molecule has 0 aliphatic carbocycles. The van der Waals surface area contributed by atoms with Crippen molar-refractivity contribution in [2.75, 3.05) is 0 Å². The molecule has 2 N–H and O–H groups in total. The number of carbonyl (C=O) groups excluding carboxylic acids is 1. The van der Waals surface area contributed by atoms with E-state index >= 15 is 0 Å². The topological polar surface area (TPSA) is 66.8 Å². The molecule has 26 heavy (non-hydrogen) atoms. The number of rotatable bonds is 14. The molecule has 0 heterocycles. The van der Waals surface area contributed by atoms with Crippen molar-refractivity contribution in [1.29, 1.82) is 0 Å². The number of ether oxygens (including phenoxy) is 1. The van der Waals surface area contributed by atoms with E-state index in [1.54, 1.807) is 6.08 Å². The molecule has 0 saturated carbocycles. The summed E-state index contributed by atoms with van der Waals surface area (Å²) >= 11 is 0. The van der Waals surface area contributed by atoms with Gasteiger partial charge >= 0.3 is 5.97 Å². The highest BCUT2D eigenvalue weighted by Crippen LogP contribution is 2.31. The Balaban J connectivity index is 5.33. The summed E-state index contributed by atoms with van der Waals surface area (Å²) in [6.07, 6.45) is 8.70. The minimum Gasteiger partial charge on any atom is -0.431 e. The van der Waals surface area contributed by atoms with Crippen LogP contribution in [0.15, 0.2) is 24.0 Å². The molecule has 0 aromatic carbocycles. The van der Waals surface area contributed by atoms with Gasteiger partial charge < -0.3 is 14.9 Å². The maximum atomic E-state index is 11.5. The third-order valence-electron chi connectivity index (χ3n) is 4.50. The SMILES string of the molecule is C=C(C/C(=C\C(O)(CCC)CCC)OC(C)=O)CC(O)(CCC)CCC. The second-order valence-corrected chi connectivity index (χ2v) is 7.64. The average molecular weight is 369 g/mol. The monoisotopic (exact) mass is 368 g/mol. The van der Waals surface area contributed by atoms with Crippen LogP contribution in [0.1, 0.15) is 98.8 Å². The van der Waals surface area contributed by atoms with Gasteiger partial charge in [0.05, 0.1) is 11.2 Å². The van der Waals surface area contributed by atoms with Crippen LogP contribution in [0.3, 0.4) is 0 Å². The van der Waals surface area contributed by atoms with Gasteiger partial charge in [0.1, 0.15) is 5.76 Å². The van der Waals surface area contributed by atoms with E-state index in [1.165, 1.54) is 6.92 Å². The van der Waals surface area contributed by atoms with Crippen LogP contribution in [0.25, 0.3) is 0 Å². The van der Waals surface area contributed by atoms with Crippen molar-refractivity contribution in [1.82, 2.24) is 0 Å². The fourth-order valence-electron chi connectivity index (χ4n) is 3.74. The van der Waals surface area contributed by atoms with E-state index < -0.39 is 17.2 Å². The smallest absolute Gasteiger partial charge is 0.307 e. The van der Waals surface area contributed by atoms with Crippen LogP contribution < -0.4 is 0 Å². The number of allylic oxidation sites excluding steroid dienone is 1. The van der Waals surface area contributed by atoms with Crippen LogP contribution in [0.2, 0.25) is 0 Å².